The molecule has 1 saturated heterocycles. The molecule has 0 spiro atoms. The topological polar surface area (TPSA) is 120 Å². The molecule has 120 valence electrons. The summed E-state index contributed by atoms with van der Waals surface area (Å²) in [6.07, 6.45) is 3.38. The molecule has 0 aromatic carbocycles. The first-order valence-corrected chi connectivity index (χ1v) is 7.70. The fourth-order valence-electron chi connectivity index (χ4n) is 2.06. The standard InChI is InChI=1S/C13H14N6O3S/c14-12-15-10(3-1-9-2-4-11(23-9)19(20)21)16-13(17-12)18-5-7-22-8-6-18/h1-4H,5-8H2,(H2,14,15,16,17)/b3-1+. The number of nitrogen functional groups attached to an aromatic ring is 1. The molecule has 0 saturated carbocycles. The number of hydrogen-bond acceptors (Lipinski definition) is 9. The molecule has 0 bridgehead atoms. The van der Waals surface area contributed by atoms with E-state index in [0.717, 1.165) is 16.2 Å². The highest BCUT2D eigenvalue weighted by Crippen LogP contribution is 2.25. The van der Waals surface area contributed by atoms with Gasteiger partial charge in [-0.2, -0.15) is 15.0 Å². The number of anilines is 2. The molecule has 2 N–H and O–H groups in total. The first-order chi connectivity index (χ1) is 11.1. The van der Waals surface area contributed by atoms with Crippen LogP contribution in [0.15, 0.2) is 12.1 Å². The second-order valence-electron chi connectivity index (χ2n) is 4.72. The monoisotopic (exact) mass is 334 g/mol. The van der Waals surface area contributed by atoms with Gasteiger partial charge in [-0.3, -0.25) is 10.1 Å². The van der Waals surface area contributed by atoms with Gasteiger partial charge in [0.1, 0.15) is 0 Å². The van der Waals surface area contributed by atoms with Gasteiger partial charge in [0.25, 0.3) is 0 Å². The van der Waals surface area contributed by atoms with Crippen LogP contribution in [-0.4, -0.2) is 46.2 Å². The summed E-state index contributed by atoms with van der Waals surface area (Å²) in [5, 5.41) is 10.8. The Hall–Kier alpha value is -2.59. The summed E-state index contributed by atoms with van der Waals surface area (Å²) in [6.45, 7) is 2.64. The first kappa shape index (κ1) is 15.3. The van der Waals surface area contributed by atoms with Crippen molar-refractivity contribution >= 4 is 40.4 Å². The minimum absolute atomic E-state index is 0.0915. The van der Waals surface area contributed by atoms with Gasteiger partial charge in [0, 0.05) is 24.0 Å². The molecule has 1 fully saturated rings. The normalized spacial score (nSPS) is 15.2. The van der Waals surface area contributed by atoms with Crippen molar-refractivity contribution < 1.29 is 9.66 Å². The number of nitrogens with zero attached hydrogens (tertiary/aromatic N) is 5. The quantitative estimate of drug-likeness (QED) is 0.658. The summed E-state index contributed by atoms with van der Waals surface area (Å²) >= 11 is 1.08. The zero-order valence-electron chi connectivity index (χ0n) is 12.1. The fourth-order valence-corrected chi connectivity index (χ4v) is 2.79. The third kappa shape index (κ3) is 3.79. The van der Waals surface area contributed by atoms with Gasteiger partial charge in [-0.15, -0.1) is 0 Å². The summed E-state index contributed by atoms with van der Waals surface area (Å²) in [5.41, 5.74) is 5.74. The molecule has 2 aromatic rings. The van der Waals surface area contributed by atoms with E-state index < -0.39 is 4.92 Å². The molecule has 3 heterocycles. The molecule has 2 aromatic heterocycles. The Labute approximate surface area is 135 Å². The van der Waals surface area contributed by atoms with E-state index in [1.807, 2.05) is 4.90 Å². The number of rotatable bonds is 4. The Morgan fingerprint density at radius 3 is 2.74 bits per heavy atom. The zero-order chi connectivity index (χ0) is 16.2. The Morgan fingerprint density at radius 1 is 1.26 bits per heavy atom. The van der Waals surface area contributed by atoms with Crippen molar-refractivity contribution in [1.29, 1.82) is 0 Å². The fraction of sp³-hybridized carbons (Fsp3) is 0.308. The van der Waals surface area contributed by atoms with Gasteiger partial charge in [-0.1, -0.05) is 11.3 Å². The maximum Gasteiger partial charge on any atom is 0.324 e. The van der Waals surface area contributed by atoms with Crippen LogP contribution in [0.4, 0.5) is 16.9 Å². The Morgan fingerprint density at radius 2 is 2.04 bits per heavy atom. The second kappa shape index (κ2) is 6.67. The van der Waals surface area contributed by atoms with E-state index >= 15 is 0 Å². The van der Waals surface area contributed by atoms with Crippen LogP contribution < -0.4 is 10.6 Å². The minimum atomic E-state index is -0.417. The van der Waals surface area contributed by atoms with E-state index in [9.17, 15) is 10.1 Å². The molecule has 0 radical (unpaired) electrons. The van der Waals surface area contributed by atoms with Crippen LogP contribution >= 0.6 is 11.3 Å². The molecule has 0 atom stereocenters. The van der Waals surface area contributed by atoms with Crippen LogP contribution in [0.3, 0.4) is 0 Å². The second-order valence-corrected chi connectivity index (χ2v) is 5.81. The highest BCUT2D eigenvalue weighted by atomic mass is 32.1. The van der Waals surface area contributed by atoms with Crippen molar-refractivity contribution in [2.75, 3.05) is 36.9 Å². The predicted molar refractivity (Wildman–Crippen MR) is 87.2 cm³/mol. The predicted octanol–water partition coefficient (Wildman–Crippen LogP) is 1.43. The third-order valence-electron chi connectivity index (χ3n) is 3.14. The van der Waals surface area contributed by atoms with Gasteiger partial charge in [0.05, 0.1) is 18.1 Å². The van der Waals surface area contributed by atoms with Crippen LogP contribution in [0, 0.1) is 10.1 Å². The number of morpholine rings is 1. The van der Waals surface area contributed by atoms with E-state index in [4.69, 9.17) is 10.5 Å². The van der Waals surface area contributed by atoms with Crippen molar-refractivity contribution in [2.24, 2.45) is 0 Å². The largest absolute Gasteiger partial charge is 0.378 e. The lowest BCUT2D eigenvalue weighted by molar-refractivity contribution is -0.380. The lowest BCUT2D eigenvalue weighted by Crippen LogP contribution is -2.37. The number of hydrogen-bond donors (Lipinski definition) is 1. The maximum atomic E-state index is 10.7. The molecule has 1 aliphatic rings. The first-order valence-electron chi connectivity index (χ1n) is 6.88. The minimum Gasteiger partial charge on any atom is -0.378 e. The van der Waals surface area contributed by atoms with Crippen LogP contribution in [0.5, 0.6) is 0 Å². The van der Waals surface area contributed by atoms with Gasteiger partial charge in [0.2, 0.25) is 11.9 Å². The van der Waals surface area contributed by atoms with Crippen molar-refractivity contribution in [2.45, 2.75) is 0 Å². The van der Waals surface area contributed by atoms with Crippen LogP contribution in [-0.2, 0) is 4.74 Å². The van der Waals surface area contributed by atoms with E-state index in [1.165, 1.54) is 6.07 Å². The molecule has 10 heteroatoms. The van der Waals surface area contributed by atoms with E-state index in [1.54, 1.807) is 18.2 Å². The summed E-state index contributed by atoms with van der Waals surface area (Å²) in [7, 11) is 0. The molecule has 9 nitrogen and oxygen atoms in total. The van der Waals surface area contributed by atoms with Gasteiger partial charge in [0.15, 0.2) is 5.82 Å². The van der Waals surface area contributed by atoms with Crippen molar-refractivity contribution in [1.82, 2.24) is 15.0 Å². The SMILES string of the molecule is Nc1nc(/C=C/c2ccc([N+](=O)[O-])s2)nc(N2CCOCC2)n1. The van der Waals surface area contributed by atoms with Crippen molar-refractivity contribution in [3.63, 3.8) is 0 Å². The summed E-state index contributed by atoms with van der Waals surface area (Å²) in [6, 6.07) is 3.14. The van der Waals surface area contributed by atoms with Gasteiger partial charge >= 0.3 is 5.00 Å². The molecular weight excluding hydrogens is 320 g/mol. The van der Waals surface area contributed by atoms with Gasteiger partial charge in [-0.05, 0) is 18.2 Å². The highest BCUT2D eigenvalue weighted by Gasteiger charge is 2.15. The average Bonchev–Trinajstić information content (AvgIpc) is 3.03. The van der Waals surface area contributed by atoms with Crippen LogP contribution in [0.25, 0.3) is 12.2 Å². The molecule has 23 heavy (non-hydrogen) atoms. The number of thiophene rings is 1. The Balaban J connectivity index is 1.80. The molecule has 1 aliphatic heterocycles. The van der Waals surface area contributed by atoms with Crippen molar-refractivity contribution in [3.8, 4) is 0 Å². The summed E-state index contributed by atoms with van der Waals surface area (Å²) in [5.74, 6) is 1.06. The number of nitrogens with two attached hydrogens (primary N) is 1. The van der Waals surface area contributed by atoms with Gasteiger partial charge in [-0.25, -0.2) is 0 Å². The van der Waals surface area contributed by atoms with E-state index in [-0.39, 0.29) is 10.9 Å². The zero-order valence-corrected chi connectivity index (χ0v) is 12.9. The molecular formula is C13H14N6O3S. The molecule has 0 amide bonds. The lowest BCUT2D eigenvalue weighted by Gasteiger charge is -2.26. The van der Waals surface area contributed by atoms with E-state index in [0.29, 0.717) is 38.1 Å². The average molecular weight is 334 g/mol. The summed E-state index contributed by atoms with van der Waals surface area (Å²) in [4.78, 5) is 25.6. The Bertz CT molecular complexity index is 741. The van der Waals surface area contributed by atoms with Crippen LogP contribution in [0.2, 0.25) is 0 Å². The number of ether oxygens (including phenoxy) is 1. The van der Waals surface area contributed by atoms with Crippen molar-refractivity contribution in [3.05, 3.63) is 32.9 Å². The molecule has 0 unspecified atom stereocenters. The lowest BCUT2D eigenvalue weighted by atomic mass is 10.4. The number of nitro groups is 1. The molecule has 0 aliphatic carbocycles. The third-order valence-corrected chi connectivity index (χ3v) is 4.14. The highest BCUT2D eigenvalue weighted by molar-refractivity contribution is 7.16. The summed E-state index contributed by atoms with van der Waals surface area (Å²) < 4.78 is 5.30. The van der Waals surface area contributed by atoms with Crippen LogP contribution in [0.1, 0.15) is 10.7 Å². The molecule has 3 rings (SSSR count). The van der Waals surface area contributed by atoms with E-state index in [2.05, 4.69) is 15.0 Å². The van der Waals surface area contributed by atoms with Gasteiger partial charge < -0.3 is 15.4 Å². The number of aromatic nitrogens is 3. The maximum absolute atomic E-state index is 10.7. The Kier molecular flexibility index (Phi) is 4.44. The smallest absolute Gasteiger partial charge is 0.324 e.